The van der Waals surface area contributed by atoms with Crippen molar-refractivity contribution in [3.8, 4) is 0 Å². The van der Waals surface area contributed by atoms with E-state index in [9.17, 15) is 19.2 Å². The molecule has 7 nitrogen and oxygen atoms in total. The van der Waals surface area contributed by atoms with Gasteiger partial charge in [0.05, 0.1) is 0 Å². The van der Waals surface area contributed by atoms with E-state index in [-0.39, 0.29) is 24.0 Å². The number of carboxylic acid groups (broad SMARTS) is 1. The summed E-state index contributed by atoms with van der Waals surface area (Å²) in [5, 5.41) is 8.76. The van der Waals surface area contributed by atoms with Gasteiger partial charge in [0.1, 0.15) is 11.8 Å². The highest BCUT2D eigenvalue weighted by Crippen LogP contribution is 2.12. The lowest BCUT2D eigenvalue weighted by Crippen LogP contribution is -2.37. The number of imide groups is 1. The Bertz CT molecular complexity index is 468. The minimum Gasteiger partial charge on any atom is -0.480 e. The lowest BCUT2D eigenvalue weighted by Gasteiger charge is -2.15. The molecule has 1 unspecified atom stereocenters. The Balaban J connectivity index is 2.14. The van der Waals surface area contributed by atoms with Gasteiger partial charge in [-0.3, -0.25) is 24.1 Å². The molecular formula is C15H22N2O5. The lowest BCUT2D eigenvalue weighted by molar-refractivity contribution is -0.140. The third kappa shape index (κ3) is 5.40. The molecule has 2 amide bonds. The smallest absolute Gasteiger partial charge is 0.320 e. The quantitative estimate of drug-likeness (QED) is 0.447. The number of hydrogen-bond donors (Lipinski definition) is 2. The summed E-state index contributed by atoms with van der Waals surface area (Å²) in [6, 6.07) is -1.02. The Morgan fingerprint density at radius 2 is 1.77 bits per heavy atom. The molecule has 0 saturated carbocycles. The van der Waals surface area contributed by atoms with Crippen LogP contribution in [-0.2, 0) is 19.2 Å². The van der Waals surface area contributed by atoms with E-state index in [4.69, 9.17) is 10.8 Å². The van der Waals surface area contributed by atoms with Crippen LogP contribution in [0.25, 0.3) is 0 Å². The van der Waals surface area contributed by atoms with Crippen LogP contribution in [0, 0.1) is 5.92 Å². The standard InChI is InChI=1S/C15H22N2O5/c1-10(14(16)15(21)22)9-11(18)5-3-2-4-8-17-12(19)6-7-13(17)20/h6-7,10,14H,2-5,8-9,16H2,1H3,(H,21,22)/t10?,14-/m0/s1. The van der Waals surface area contributed by atoms with Crippen molar-refractivity contribution in [1.82, 2.24) is 4.90 Å². The van der Waals surface area contributed by atoms with Crippen molar-refractivity contribution >= 4 is 23.6 Å². The molecule has 1 rings (SSSR count). The van der Waals surface area contributed by atoms with Gasteiger partial charge in [-0.25, -0.2) is 0 Å². The maximum atomic E-state index is 11.7. The monoisotopic (exact) mass is 310 g/mol. The fourth-order valence-corrected chi connectivity index (χ4v) is 2.25. The van der Waals surface area contributed by atoms with Crippen LogP contribution < -0.4 is 5.73 Å². The number of carbonyl (C=O) groups excluding carboxylic acids is 3. The van der Waals surface area contributed by atoms with Gasteiger partial charge in [-0.2, -0.15) is 0 Å². The zero-order valence-electron chi connectivity index (χ0n) is 12.7. The van der Waals surface area contributed by atoms with Gasteiger partial charge in [-0.1, -0.05) is 13.3 Å². The van der Waals surface area contributed by atoms with Gasteiger partial charge >= 0.3 is 5.97 Å². The lowest BCUT2D eigenvalue weighted by atomic mass is 9.94. The molecule has 0 fully saturated rings. The van der Waals surface area contributed by atoms with Crippen molar-refractivity contribution in [2.45, 2.75) is 45.1 Å². The predicted molar refractivity (Wildman–Crippen MR) is 78.7 cm³/mol. The highest BCUT2D eigenvalue weighted by molar-refractivity contribution is 6.12. The first-order chi connectivity index (χ1) is 10.3. The van der Waals surface area contributed by atoms with Crippen LogP contribution in [0.5, 0.6) is 0 Å². The van der Waals surface area contributed by atoms with E-state index in [0.29, 0.717) is 25.8 Å². The van der Waals surface area contributed by atoms with E-state index in [2.05, 4.69) is 0 Å². The van der Waals surface area contributed by atoms with E-state index in [0.717, 1.165) is 6.42 Å². The number of nitrogens with zero attached hydrogens (tertiary/aromatic N) is 1. The molecule has 3 N–H and O–H groups in total. The molecule has 0 aromatic rings. The number of carboxylic acids is 1. The van der Waals surface area contributed by atoms with Crippen LogP contribution in [0.4, 0.5) is 0 Å². The third-order valence-corrected chi connectivity index (χ3v) is 3.69. The molecule has 2 atom stereocenters. The Labute approximate surface area is 129 Å². The molecule has 1 aliphatic heterocycles. The maximum Gasteiger partial charge on any atom is 0.320 e. The van der Waals surface area contributed by atoms with Crippen LogP contribution in [0.3, 0.4) is 0 Å². The van der Waals surface area contributed by atoms with E-state index in [1.165, 1.54) is 17.1 Å². The van der Waals surface area contributed by atoms with Gasteiger partial charge < -0.3 is 10.8 Å². The van der Waals surface area contributed by atoms with Gasteiger partial charge in [0.25, 0.3) is 11.8 Å². The highest BCUT2D eigenvalue weighted by Gasteiger charge is 2.23. The summed E-state index contributed by atoms with van der Waals surface area (Å²) < 4.78 is 0. The molecule has 0 saturated heterocycles. The summed E-state index contributed by atoms with van der Waals surface area (Å²) in [4.78, 5) is 46.2. The molecule has 22 heavy (non-hydrogen) atoms. The van der Waals surface area contributed by atoms with Gasteiger partial charge in [0.15, 0.2) is 0 Å². The molecule has 0 aromatic heterocycles. The summed E-state index contributed by atoms with van der Waals surface area (Å²) in [6.07, 6.45) is 5.03. The largest absolute Gasteiger partial charge is 0.480 e. The van der Waals surface area contributed by atoms with Crippen molar-refractivity contribution in [1.29, 1.82) is 0 Å². The number of ketones is 1. The predicted octanol–water partition coefficient (Wildman–Crippen LogP) is 0.479. The van der Waals surface area contributed by atoms with Crippen molar-refractivity contribution in [3.63, 3.8) is 0 Å². The Morgan fingerprint density at radius 3 is 2.32 bits per heavy atom. The normalized spacial score (nSPS) is 16.9. The average Bonchev–Trinajstić information content (AvgIpc) is 2.77. The first kappa shape index (κ1) is 18.0. The molecule has 1 aliphatic rings. The Hall–Kier alpha value is -2.02. The third-order valence-electron chi connectivity index (χ3n) is 3.69. The summed E-state index contributed by atoms with van der Waals surface area (Å²) in [5.74, 6) is -2.10. The Kier molecular flexibility index (Phi) is 6.91. The molecular weight excluding hydrogens is 288 g/mol. The fraction of sp³-hybridized carbons (Fsp3) is 0.600. The number of carbonyl (C=O) groups is 4. The molecule has 0 bridgehead atoms. The molecule has 122 valence electrons. The van der Waals surface area contributed by atoms with Gasteiger partial charge in [-0.15, -0.1) is 0 Å². The summed E-state index contributed by atoms with van der Waals surface area (Å²) in [7, 11) is 0. The molecule has 0 aliphatic carbocycles. The minimum absolute atomic E-state index is 0.0146. The van der Waals surface area contributed by atoms with Gasteiger partial charge in [0.2, 0.25) is 0 Å². The SMILES string of the molecule is CC(CC(=O)CCCCCN1C(=O)C=CC1=O)[C@H](N)C(=O)O. The zero-order chi connectivity index (χ0) is 16.7. The first-order valence-corrected chi connectivity index (χ1v) is 7.36. The van der Waals surface area contributed by atoms with Crippen LogP contribution in [-0.4, -0.2) is 46.2 Å². The number of rotatable bonds is 10. The number of aliphatic carboxylic acids is 1. The second kappa shape index (κ2) is 8.43. The Morgan fingerprint density at radius 1 is 1.18 bits per heavy atom. The van der Waals surface area contributed by atoms with E-state index in [1.807, 2.05) is 0 Å². The van der Waals surface area contributed by atoms with Crippen molar-refractivity contribution in [3.05, 3.63) is 12.2 Å². The van der Waals surface area contributed by atoms with E-state index >= 15 is 0 Å². The summed E-state index contributed by atoms with van der Waals surface area (Å²) >= 11 is 0. The number of nitrogens with two attached hydrogens (primary N) is 1. The molecule has 0 aromatic carbocycles. The average molecular weight is 310 g/mol. The van der Waals surface area contributed by atoms with Gasteiger partial charge in [0, 0.05) is 31.5 Å². The number of unbranched alkanes of at least 4 members (excludes halogenated alkanes) is 2. The first-order valence-electron chi connectivity index (χ1n) is 7.36. The number of amides is 2. The molecule has 0 spiro atoms. The second-order valence-electron chi connectivity index (χ2n) is 5.56. The summed E-state index contributed by atoms with van der Waals surface area (Å²) in [6.45, 7) is 2.01. The van der Waals surface area contributed by atoms with E-state index < -0.39 is 17.9 Å². The van der Waals surface area contributed by atoms with E-state index in [1.54, 1.807) is 6.92 Å². The molecule has 1 heterocycles. The summed E-state index contributed by atoms with van der Waals surface area (Å²) in [5.41, 5.74) is 5.45. The molecule has 0 radical (unpaired) electrons. The second-order valence-corrected chi connectivity index (χ2v) is 5.56. The van der Waals surface area contributed by atoms with Crippen molar-refractivity contribution < 1.29 is 24.3 Å². The minimum atomic E-state index is -1.10. The zero-order valence-corrected chi connectivity index (χ0v) is 12.7. The van der Waals surface area contributed by atoms with Crippen LogP contribution >= 0.6 is 0 Å². The van der Waals surface area contributed by atoms with Crippen molar-refractivity contribution in [2.24, 2.45) is 11.7 Å². The number of Topliss-reactive ketones (excluding diaryl/α,β-unsaturated/α-hetero) is 1. The van der Waals surface area contributed by atoms with Crippen LogP contribution in [0.15, 0.2) is 12.2 Å². The maximum absolute atomic E-state index is 11.7. The van der Waals surface area contributed by atoms with Crippen LogP contribution in [0.1, 0.15) is 39.0 Å². The van der Waals surface area contributed by atoms with Crippen molar-refractivity contribution in [2.75, 3.05) is 6.54 Å². The fourth-order valence-electron chi connectivity index (χ4n) is 2.25. The highest BCUT2D eigenvalue weighted by atomic mass is 16.4. The van der Waals surface area contributed by atoms with Gasteiger partial charge in [-0.05, 0) is 18.8 Å². The number of hydrogen-bond acceptors (Lipinski definition) is 5. The van der Waals surface area contributed by atoms with Crippen LogP contribution in [0.2, 0.25) is 0 Å². The molecule has 7 heteroatoms. The topological polar surface area (TPSA) is 118 Å².